The molecule has 0 aliphatic rings. The summed E-state index contributed by atoms with van der Waals surface area (Å²) in [7, 11) is 1.53. The average Bonchev–Trinajstić information content (AvgIpc) is 2.76. The lowest BCUT2D eigenvalue weighted by Gasteiger charge is -2.23. The van der Waals surface area contributed by atoms with Gasteiger partial charge in [0.2, 0.25) is 0 Å². The Bertz CT molecular complexity index is 979. The summed E-state index contributed by atoms with van der Waals surface area (Å²) in [6, 6.07) is 13.9. The SMILES string of the molecule is COc1ccc(C(=O)N[C@H](C(=O)O[C@H](C)C(=O)Nc2cccc(C#N)c2)C(C)C)cc1. The number of nitriles is 1. The number of nitrogens with one attached hydrogen (secondary N) is 2. The standard InChI is InChI=1S/C23H25N3O5/c1-14(2)20(26-22(28)17-8-10-19(30-4)11-9-17)23(29)31-15(3)21(27)25-18-7-5-6-16(12-18)13-24/h5-12,14-15,20H,1-4H3,(H,25,27)(H,26,28)/t15-,20+/m1/s1. The highest BCUT2D eigenvalue weighted by atomic mass is 16.5. The molecular weight excluding hydrogens is 398 g/mol. The molecule has 2 aromatic carbocycles. The van der Waals surface area contributed by atoms with Gasteiger partial charge in [-0.1, -0.05) is 19.9 Å². The third-order valence-corrected chi connectivity index (χ3v) is 4.48. The monoisotopic (exact) mass is 423 g/mol. The molecule has 0 radical (unpaired) electrons. The van der Waals surface area contributed by atoms with Crippen LogP contribution in [-0.4, -0.2) is 37.0 Å². The van der Waals surface area contributed by atoms with Gasteiger partial charge in [0.05, 0.1) is 18.7 Å². The second kappa shape index (κ2) is 10.8. The first-order valence-corrected chi connectivity index (χ1v) is 9.71. The first kappa shape index (κ1) is 23.4. The molecule has 8 nitrogen and oxygen atoms in total. The van der Waals surface area contributed by atoms with Crippen LogP contribution in [0.5, 0.6) is 5.75 Å². The maximum atomic E-state index is 12.6. The van der Waals surface area contributed by atoms with Crippen LogP contribution in [0.4, 0.5) is 5.69 Å². The molecule has 162 valence electrons. The zero-order valence-electron chi connectivity index (χ0n) is 17.8. The lowest BCUT2D eigenvalue weighted by atomic mass is 10.0. The van der Waals surface area contributed by atoms with Crippen LogP contribution < -0.4 is 15.4 Å². The molecule has 0 bridgehead atoms. The van der Waals surface area contributed by atoms with Crippen LogP contribution >= 0.6 is 0 Å². The number of anilines is 1. The van der Waals surface area contributed by atoms with Crippen LogP contribution in [0.25, 0.3) is 0 Å². The Hall–Kier alpha value is -3.86. The minimum absolute atomic E-state index is 0.266. The van der Waals surface area contributed by atoms with Crippen LogP contribution in [0.1, 0.15) is 36.7 Å². The molecule has 0 unspecified atom stereocenters. The van der Waals surface area contributed by atoms with Crippen LogP contribution in [0.15, 0.2) is 48.5 Å². The summed E-state index contributed by atoms with van der Waals surface area (Å²) in [5.74, 6) is -1.37. The zero-order chi connectivity index (χ0) is 23.0. The largest absolute Gasteiger partial charge is 0.497 e. The Morgan fingerprint density at radius 3 is 2.29 bits per heavy atom. The predicted octanol–water partition coefficient (Wildman–Crippen LogP) is 2.89. The Labute approximate surface area is 181 Å². The van der Waals surface area contributed by atoms with Crippen LogP contribution in [-0.2, 0) is 14.3 Å². The first-order valence-electron chi connectivity index (χ1n) is 9.71. The molecule has 2 rings (SSSR count). The van der Waals surface area contributed by atoms with E-state index in [2.05, 4.69) is 10.6 Å². The van der Waals surface area contributed by atoms with E-state index in [4.69, 9.17) is 14.7 Å². The normalized spacial score (nSPS) is 12.3. The number of hydrogen-bond acceptors (Lipinski definition) is 6. The van der Waals surface area contributed by atoms with E-state index >= 15 is 0 Å². The molecule has 31 heavy (non-hydrogen) atoms. The number of amides is 2. The maximum Gasteiger partial charge on any atom is 0.329 e. The van der Waals surface area contributed by atoms with E-state index in [0.29, 0.717) is 22.6 Å². The summed E-state index contributed by atoms with van der Waals surface area (Å²) < 4.78 is 10.4. The van der Waals surface area contributed by atoms with Gasteiger partial charge >= 0.3 is 5.97 Å². The van der Waals surface area contributed by atoms with E-state index in [1.54, 1.807) is 56.3 Å². The van der Waals surface area contributed by atoms with Gasteiger partial charge in [-0.2, -0.15) is 5.26 Å². The summed E-state index contributed by atoms with van der Waals surface area (Å²) in [5, 5.41) is 14.2. The van der Waals surface area contributed by atoms with Crippen molar-refractivity contribution in [3.63, 3.8) is 0 Å². The molecule has 2 N–H and O–H groups in total. The van der Waals surface area contributed by atoms with Gasteiger partial charge < -0.3 is 20.1 Å². The second-order valence-electron chi connectivity index (χ2n) is 7.18. The second-order valence-corrected chi connectivity index (χ2v) is 7.18. The quantitative estimate of drug-likeness (QED) is 0.631. The van der Waals surface area contributed by atoms with E-state index in [1.807, 2.05) is 6.07 Å². The molecule has 0 fully saturated rings. The molecule has 0 heterocycles. The molecule has 0 aliphatic carbocycles. The summed E-state index contributed by atoms with van der Waals surface area (Å²) in [6.45, 7) is 4.96. The molecule has 2 amide bonds. The fourth-order valence-corrected chi connectivity index (χ4v) is 2.68. The number of hydrogen-bond donors (Lipinski definition) is 2. The van der Waals surface area contributed by atoms with Crippen LogP contribution in [0, 0.1) is 17.2 Å². The number of benzene rings is 2. The van der Waals surface area contributed by atoms with E-state index in [9.17, 15) is 14.4 Å². The highest BCUT2D eigenvalue weighted by molar-refractivity contribution is 5.98. The van der Waals surface area contributed by atoms with Crippen molar-refractivity contribution in [2.75, 3.05) is 12.4 Å². The number of rotatable bonds is 8. The average molecular weight is 423 g/mol. The fraction of sp³-hybridized carbons (Fsp3) is 0.304. The maximum absolute atomic E-state index is 12.6. The number of carbonyl (C=O) groups excluding carboxylic acids is 3. The highest BCUT2D eigenvalue weighted by Gasteiger charge is 2.29. The molecule has 0 saturated heterocycles. The fourth-order valence-electron chi connectivity index (χ4n) is 2.68. The van der Waals surface area contributed by atoms with Gasteiger partial charge in [-0.05, 0) is 55.3 Å². The molecule has 0 spiro atoms. The van der Waals surface area contributed by atoms with Gasteiger partial charge in [0.1, 0.15) is 11.8 Å². The van der Waals surface area contributed by atoms with Gasteiger partial charge in [-0.15, -0.1) is 0 Å². The lowest BCUT2D eigenvalue weighted by Crippen LogP contribution is -2.47. The summed E-state index contributed by atoms with van der Waals surface area (Å²) >= 11 is 0. The van der Waals surface area contributed by atoms with Gasteiger partial charge in [0.15, 0.2) is 6.10 Å². The minimum atomic E-state index is -1.10. The third kappa shape index (κ3) is 6.57. The molecule has 8 heteroatoms. The first-order chi connectivity index (χ1) is 14.7. The van der Waals surface area contributed by atoms with Crippen molar-refractivity contribution in [2.45, 2.75) is 32.9 Å². The number of methoxy groups -OCH3 is 1. The smallest absolute Gasteiger partial charge is 0.329 e. The van der Waals surface area contributed by atoms with Crippen LogP contribution in [0.3, 0.4) is 0 Å². The van der Waals surface area contributed by atoms with Gasteiger partial charge in [-0.25, -0.2) is 4.79 Å². The van der Waals surface area contributed by atoms with Crippen molar-refractivity contribution in [1.29, 1.82) is 5.26 Å². The number of ether oxygens (including phenoxy) is 2. The van der Waals surface area contributed by atoms with E-state index in [-0.39, 0.29) is 5.92 Å². The highest BCUT2D eigenvalue weighted by Crippen LogP contribution is 2.14. The molecule has 2 atom stereocenters. The Balaban J connectivity index is 2.00. The molecule has 2 aromatic rings. The Morgan fingerprint density at radius 2 is 1.71 bits per heavy atom. The summed E-state index contributed by atoms with van der Waals surface area (Å²) in [6.07, 6.45) is -1.10. The number of nitrogens with zero attached hydrogens (tertiary/aromatic N) is 1. The molecule has 0 saturated carbocycles. The van der Waals surface area contributed by atoms with Crippen molar-refractivity contribution in [1.82, 2.24) is 5.32 Å². The minimum Gasteiger partial charge on any atom is -0.497 e. The van der Waals surface area contributed by atoms with Crippen molar-refractivity contribution in [3.05, 3.63) is 59.7 Å². The summed E-state index contributed by atoms with van der Waals surface area (Å²) in [5.41, 5.74) is 1.17. The molecule has 0 aliphatic heterocycles. The van der Waals surface area contributed by atoms with Gasteiger partial charge in [0, 0.05) is 11.3 Å². The lowest BCUT2D eigenvalue weighted by molar-refractivity contribution is -0.156. The zero-order valence-corrected chi connectivity index (χ0v) is 17.8. The van der Waals surface area contributed by atoms with E-state index in [1.165, 1.54) is 20.1 Å². The predicted molar refractivity (Wildman–Crippen MR) is 114 cm³/mol. The van der Waals surface area contributed by atoms with Crippen LogP contribution in [0.2, 0.25) is 0 Å². The van der Waals surface area contributed by atoms with Crippen molar-refractivity contribution in [2.24, 2.45) is 5.92 Å². The van der Waals surface area contributed by atoms with E-state index in [0.717, 1.165) is 0 Å². The topological polar surface area (TPSA) is 118 Å². The third-order valence-electron chi connectivity index (χ3n) is 4.48. The van der Waals surface area contributed by atoms with Gasteiger partial charge in [0.25, 0.3) is 11.8 Å². The molecular formula is C23H25N3O5. The van der Waals surface area contributed by atoms with Crippen molar-refractivity contribution < 1.29 is 23.9 Å². The summed E-state index contributed by atoms with van der Waals surface area (Å²) in [4.78, 5) is 37.5. The molecule has 0 aromatic heterocycles. The van der Waals surface area contributed by atoms with Crippen molar-refractivity contribution in [3.8, 4) is 11.8 Å². The van der Waals surface area contributed by atoms with Crippen molar-refractivity contribution >= 4 is 23.5 Å². The Kier molecular flexibility index (Phi) is 8.15. The van der Waals surface area contributed by atoms with E-state index < -0.39 is 29.9 Å². The number of esters is 1. The Morgan fingerprint density at radius 1 is 1.03 bits per heavy atom. The van der Waals surface area contributed by atoms with Gasteiger partial charge in [-0.3, -0.25) is 9.59 Å². The number of carbonyl (C=O) groups is 3.